The molecule has 0 aromatic heterocycles. The van der Waals surface area contributed by atoms with Gasteiger partial charge in [0.1, 0.15) is 6.42 Å². The Labute approximate surface area is 143 Å². The van der Waals surface area contributed by atoms with Crippen LogP contribution in [0.1, 0.15) is 37.3 Å². The largest absolute Gasteiger partial charge is 0.325 e. The zero-order chi connectivity index (χ0) is 17.7. The Hall–Kier alpha value is -2.62. The van der Waals surface area contributed by atoms with E-state index in [-0.39, 0.29) is 18.2 Å². The molecule has 2 rings (SSSR count). The Balaban J connectivity index is 2.08. The quantitative estimate of drug-likeness (QED) is 0.841. The predicted molar refractivity (Wildman–Crippen MR) is 98.4 cm³/mol. The van der Waals surface area contributed by atoms with Gasteiger partial charge in [-0.05, 0) is 36.1 Å². The summed E-state index contributed by atoms with van der Waals surface area (Å²) in [5.74, 6) is -0.236. The Morgan fingerprint density at radius 1 is 1.04 bits per heavy atom. The van der Waals surface area contributed by atoms with E-state index in [1.165, 1.54) is 4.90 Å². The van der Waals surface area contributed by atoms with E-state index in [0.717, 1.165) is 22.5 Å². The molecule has 0 heterocycles. The van der Waals surface area contributed by atoms with Crippen LogP contribution in [0.15, 0.2) is 48.5 Å². The van der Waals surface area contributed by atoms with Gasteiger partial charge in [-0.25, -0.2) is 0 Å². The second-order valence-corrected chi connectivity index (χ2v) is 6.21. The fraction of sp³-hybridized carbons (Fsp3) is 0.300. The zero-order valence-electron chi connectivity index (χ0n) is 14.7. The number of anilines is 2. The topological polar surface area (TPSA) is 49.4 Å². The second kappa shape index (κ2) is 7.77. The molecule has 2 aromatic rings. The van der Waals surface area contributed by atoms with Crippen LogP contribution in [-0.2, 0) is 9.59 Å². The van der Waals surface area contributed by atoms with Crippen molar-refractivity contribution in [1.29, 1.82) is 0 Å². The number of hydrogen-bond donors (Lipinski definition) is 1. The molecule has 2 amide bonds. The number of benzene rings is 2. The van der Waals surface area contributed by atoms with E-state index in [9.17, 15) is 9.59 Å². The number of para-hydroxylation sites is 2. The second-order valence-electron chi connectivity index (χ2n) is 6.21. The first-order chi connectivity index (χ1) is 11.4. The Kier molecular flexibility index (Phi) is 5.74. The van der Waals surface area contributed by atoms with Gasteiger partial charge < -0.3 is 10.2 Å². The van der Waals surface area contributed by atoms with Gasteiger partial charge in [-0.1, -0.05) is 50.2 Å². The number of amides is 2. The van der Waals surface area contributed by atoms with Crippen molar-refractivity contribution in [2.75, 3.05) is 17.3 Å². The van der Waals surface area contributed by atoms with Gasteiger partial charge in [0, 0.05) is 18.4 Å². The summed E-state index contributed by atoms with van der Waals surface area (Å²) < 4.78 is 0. The number of rotatable bonds is 5. The van der Waals surface area contributed by atoms with E-state index in [1.807, 2.05) is 55.5 Å². The molecule has 126 valence electrons. The molecule has 24 heavy (non-hydrogen) atoms. The van der Waals surface area contributed by atoms with Crippen molar-refractivity contribution >= 4 is 23.2 Å². The lowest BCUT2D eigenvalue weighted by Crippen LogP contribution is -2.30. The lowest BCUT2D eigenvalue weighted by molar-refractivity contribution is -0.125. The molecule has 0 fully saturated rings. The summed E-state index contributed by atoms with van der Waals surface area (Å²) in [7, 11) is 1.68. The normalized spacial score (nSPS) is 10.5. The first-order valence-electron chi connectivity index (χ1n) is 8.11. The number of nitrogens with one attached hydrogen (secondary N) is 1. The van der Waals surface area contributed by atoms with Crippen LogP contribution in [0.4, 0.5) is 11.4 Å². The minimum atomic E-state index is -0.293. The van der Waals surface area contributed by atoms with Crippen LogP contribution in [-0.4, -0.2) is 18.9 Å². The minimum Gasteiger partial charge on any atom is -0.325 e. The molecule has 0 atom stereocenters. The van der Waals surface area contributed by atoms with Crippen molar-refractivity contribution in [2.45, 2.75) is 33.1 Å². The summed E-state index contributed by atoms with van der Waals surface area (Å²) in [5, 5.41) is 2.91. The molecule has 4 heteroatoms. The number of carbonyl (C=O) groups excluding carboxylic acids is 2. The van der Waals surface area contributed by atoms with Crippen molar-refractivity contribution in [3.63, 3.8) is 0 Å². The van der Waals surface area contributed by atoms with Crippen molar-refractivity contribution in [3.8, 4) is 0 Å². The van der Waals surface area contributed by atoms with Crippen LogP contribution in [0, 0.1) is 6.92 Å². The molecular weight excluding hydrogens is 300 g/mol. The number of hydrogen-bond acceptors (Lipinski definition) is 2. The van der Waals surface area contributed by atoms with Crippen LogP contribution in [0.25, 0.3) is 0 Å². The monoisotopic (exact) mass is 324 g/mol. The van der Waals surface area contributed by atoms with Crippen LogP contribution in [0.5, 0.6) is 0 Å². The van der Waals surface area contributed by atoms with Crippen LogP contribution in [0.2, 0.25) is 0 Å². The van der Waals surface area contributed by atoms with E-state index in [2.05, 4.69) is 19.2 Å². The minimum absolute atomic E-state index is 0.183. The SMILES string of the molecule is Cc1cccc(C(C)C)c1NC(=O)CC(=O)N(C)c1ccccc1. The van der Waals surface area contributed by atoms with E-state index in [1.54, 1.807) is 7.05 Å². The molecule has 0 saturated carbocycles. The van der Waals surface area contributed by atoms with E-state index < -0.39 is 0 Å². The highest BCUT2D eigenvalue weighted by Crippen LogP contribution is 2.27. The predicted octanol–water partition coefficient (Wildman–Crippen LogP) is 4.11. The van der Waals surface area contributed by atoms with Crippen molar-refractivity contribution in [1.82, 2.24) is 0 Å². The summed E-state index contributed by atoms with van der Waals surface area (Å²) in [6.07, 6.45) is -0.183. The van der Waals surface area contributed by atoms with Gasteiger partial charge in [-0.3, -0.25) is 9.59 Å². The first kappa shape index (κ1) is 17.7. The molecule has 0 spiro atoms. The molecule has 2 aromatic carbocycles. The van der Waals surface area contributed by atoms with Crippen molar-refractivity contribution in [3.05, 3.63) is 59.7 Å². The van der Waals surface area contributed by atoms with E-state index in [0.29, 0.717) is 5.92 Å². The Morgan fingerprint density at radius 3 is 2.33 bits per heavy atom. The summed E-state index contributed by atoms with van der Waals surface area (Å²) >= 11 is 0. The lowest BCUT2D eigenvalue weighted by Gasteiger charge is -2.19. The first-order valence-corrected chi connectivity index (χ1v) is 8.11. The number of aryl methyl sites for hydroxylation is 1. The molecule has 0 saturated heterocycles. The molecule has 0 aliphatic carbocycles. The Bertz CT molecular complexity index is 724. The van der Waals surface area contributed by atoms with Gasteiger partial charge in [-0.15, -0.1) is 0 Å². The van der Waals surface area contributed by atoms with Gasteiger partial charge >= 0.3 is 0 Å². The molecular formula is C20H24N2O2. The van der Waals surface area contributed by atoms with Gasteiger partial charge in [0.05, 0.1) is 0 Å². The highest BCUT2D eigenvalue weighted by atomic mass is 16.2. The van der Waals surface area contributed by atoms with Crippen molar-refractivity contribution in [2.24, 2.45) is 0 Å². The summed E-state index contributed by atoms with van der Waals surface area (Å²) in [5.41, 5.74) is 3.66. The van der Waals surface area contributed by atoms with Gasteiger partial charge in [-0.2, -0.15) is 0 Å². The van der Waals surface area contributed by atoms with Crippen LogP contribution < -0.4 is 10.2 Å². The third kappa shape index (κ3) is 4.22. The molecule has 0 unspecified atom stereocenters. The summed E-state index contributed by atoms with van der Waals surface area (Å²) in [6.45, 7) is 6.12. The third-order valence-electron chi connectivity index (χ3n) is 4.02. The molecule has 1 N–H and O–H groups in total. The molecule has 0 bridgehead atoms. The average molecular weight is 324 g/mol. The summed E-state index contributed by atoms with van der Waals surface area (Å²) in [4.78, 5) is 26.1. The number of nitrogens with zero attached hydrogens (tertiary/aromatic N) is 1. The standard InChI is InChI=1S/C20H24N2O2/c1-14(2)17-12-8-9-15(3)20(17)21-18(23)13-19(24)22(4)16-10-6-5-7-11-16/h5-12,14H,13H2,1-4H3,(H,21,23). The fourth-order valence-corrected chi connectivity index (χ4v) is 2.58. The van der Waals surface area contributed by atoms with Crippen LogP contribution in [0.3, 0.4) is 0 Å². The smallest absolute Gasteiger partial charge is 0.236 e. The van der Waals surface area contributed by atoms with Gasteiger partial charge in [0.25, 0.3) is 0 Å². The molecule has 0 radical (unpaired) electrons. The van der Waals surface area contributed by atoms with Crippen molar-refractivity contribution < 1.29 is 9.59 Å². The molecule has 0 aliphatic rings. The maximum Gasteiger partial charge on any atom is 0.236 e. The number of carbonyl (C=O) groups is 2. The lowest BCUT2D eigenvalue weighted by atomic mass is 9.98. The van der Waals surface area contributed by atoms with E-state index in [4.69, 9.17) is 0 Å². The average Bonchev–Trinajstić information content (AvgIpc) is 2.56. The third-order valence-corrected chi connectivity index (χ3v) is 4.02. The fourth-order valence-electron chi connectivity index (χ4n) is 2.58. The molecule has 4 nitrogen and oxygen atoms in total. The maximum atomic E-state index is 12.3. The Morgan fingerprint density at radius 2 is 1.71 bits per heavy atom. The van der Waals surface area contributed by atoms with E-state index >= 15 is 0 Å². The van der Waals surface area contributed by atoms with Gasteiger partial charge in [0.2, 0.25) is 11.8 Å². The maximum absolute atomic E-state index is 12.3. The van der Waals surface area contributed by atoms with Crippen LogP contribution >= 0.6 is 0 Å². The zero-order valence-corrected chi connectivity index (χ0v) is 14.7. The highest BCUT2D eigenvalue weighted by molar-refractivity contribution is 6.09. The summed E-state index contributed by atoms with van der Waals surface area (Å²) in [6, 6.07) is 15.2. The van der Waals surface area contributed by atoms with Gasteiger partial charge in [0.15, 0.2) is 0 Å². The highest BCUT2D eigenvalue weighted by Gasteiger charge is 2.17. The molecule has 0 aliphatic heterocycles.